The largest absolute Gasteiger partial charge is 2.00 e. The number of rotatable bonds is 2. The van der Waals surface area contributed by atoms with Crippen molar-refractivity contribution in [1.82, 2.24) is 0 Å². The Morgan fingerprint density at radius 2 is 1.35 bits per heavy atom. The molecule has 0 aliphatic rings. The van der Waals surface area contributed by atoms with Crippen LogP contribution in [0.3, 0.4) is 0 Å². The van der Waals surface area contributed by atoms with Crippen LogP contribution in [0.5, 0.6) is 0 Å². The average molecular weight is 295 g/mol. The van der Waals surface area contributed by atoms with E-state index in [4.69, 9.17) is 9.47 Å². The van der Waals surface area contributed by atoms with Gasteiger partial charge in [-0.25, -0.2) is 4.99 Å². The number of aliphatic imine (C=N–C) groups is 1. The molecule has 0 aromatic carbocycles. The SMILES string of the molecule is CC(C)(C)OC([O-])=N/C=C(\[O-])OC(C)(C)C.[Zn+2]. The molecule has 0 N–H and O–H groups in total. The molecule has 0 amide bonds. The minimum absolute atomic E-state index is 0. The Balaban J connectivity index is 0. The molecule has 0 saturated carbocycles. The van der Waals surface area contributed by atoms with Crippen LogP contribution in [0.25, 0.3) is 0 Å². The van der Waals surface area contributed by atoms with Gasteiger partial charge >= 0.3 is 19.5 Å². The van der Waals surface area contributed by atoms with Crippen molar-refractivity contribution in [2.24, 2.45) is 4.99 Å². The molecule has 0 aliphatic heterocycles. The summed E-state index contributed by atoms with van der Waals surface area (Å²) in [5, 5.41) is 22.3. The van der Waals surface area contributed by atoms with Gasteiger partial charge < -0.3 is 19.7 Å². The third kappa shape index (κ3) is 13.2. The van der Waals surface area contributed by atoms with E-state index in [1.165, 1.54) is 0 Å². The monoisotopic (exact) mass is 293 g/mol. The molecule has 6 heteroatoms. The van der Waals surface area contributed by atoms with Gasteiger partial charge in [-0.05, 0) is 0 Å². The minimum atomic E-state index is -0.807. The van der Waals surface area contributed by atoms with Gasteiger partial charge in [0.15, 0.2) is 6.08 Å². The Morgan fingerprint density at radius 1 is 0.941 bits per heavy atom. The van der Waals surface area contributed by atoms with Crippen molar-refractivity contribution < 1.29 is 39.2 Å². The summed E-state index contributed by atoms with van der Waals surface area (Å²) >= 11 is 0. The van der Waals surface area contributed by atoms with E-state index in [-0.39, 0.29) is 19.5 Å². The first-order chi connectivity index (χ1) is 6.99. The standard InChI is InChI=1S/C11H21NO4.Zn/c1-10(2,3)15-8(13)7-12-9(14)16-11(4,5)6;/h7,13H,1-6H3,(H,12,14);/q;+2/p-2/b8-7+;. The Morgan fingerprint density at radius 3 is 1.71 bits per heavy atom. The van der Waals surface area contributed by atoms with Crippen LogP contribution in [0.4, 0.5) is 0 Å². The molecular formula is C11H19NO4Zn. The number of ether oxygens (including phenoxy) is 2. The van der Waals surface area contributed by atoms with E-state index in [1.54, 1.807) is 41.5 Å². The first-order valence-corrected chi connectivity index (χ1v) is 5.00. The van der Waals surface area contributed by atoms with E-state index in [2.05, 4.69) is 4.99 Å². The molecule has 0 aromatic heterocycles. The van der Waals surface area contributed by atoms with Crippen LogP contribution in [0.15, 0.2) is 17.1 Å². The molecule has 0 rings (SSSR count). The zero-order valence-corrected chi connectivity index (χ0v) is 14.3. The molecule has 0 unspecified atom stereocenters. The molecule has 94 valence electrons. The Kier molecular flexibility index (Phi) is 7.49. The summed E-state index contributed by atoms with van der Waals surface area (Å²) in [5.74, 6) is -0.668. The zero-order valence-electron chi connectivity index (χ0n) is 11.4. The second kappa shape index (κ2) is 6.85. The fourth-order valence-electron chi connectivity index (χ4n) is 0.722. The van der Waals surface area contributed by atoms with Gasteiger partial charge in [0.1, 0.15) is 0 Å². The molecule has 0 bridgehead atoms. The van der Waals surface area contributed by atoms with Crippen LogP contribution in [0.1, 0.15) is 41.5 Å². The predicted molar refractivity (Wildman–Crippen MR) is 57.2 cm³/mol. The third-order valence-corrected chi connectivity index (χ3v) is 1.08. The Labute approximate surface area is 115 Å². The summed E-state index contributed by atoms with van der Waals surface area (Å²) < 4.78 is 9.80. The molecule has 0 aliphatic carbocycles. The summed E-state index contributed by atoms with van der Waals surface area (Å²) in [6.45, 7) is 10.3. The third-order valence-electron chi connectivity index (χ3n) is 1.08. The van der Waals surface area contributed by atoms with E-state index < -0.39 is 23.2 Å². The topological polar surface area (TPSA) is 76.9 Å². The maximum Gasteiger partial charge on any atom is 2.00 e. The van der Waals surface area contributed by atoms with E-state index in [0.717, 1.165) is 6.20 Å². The molecule has 0 radical (unpaired) electrons. The molecule has 0 fully saturated rings. The first kappa shape index (κ1) is 18.6. The maximum atomic E-state index is 11.1. The molecule has 0 heterocycles. The van der Waals surface area contributed by atoms with Gasteiger partial charge in [0, 0.05) is 11.2 Å². The Bertz CT molecular complexity index is 257. The number of hydrogen-bond donors (Lipinski definition) is 0. The van der Waals surface area contributed by atoms with Gasteiger partial charge in [-0.1, -0.05) is 41.5 Å². The van der Waals surface area contributed by atoms with Crippen molar-refractivity contribution in [2.75, 3.05) is 0 Å². The quantitative estimate of drug-likeness (QED) is 0.321. The second-order valence-electron chi connectivity index (χ2n) is 5.27. The van der Waals surface area contributed by atoms with Crippen LogP contribution < -0.4 is 10.2 Å². The van der Waals surface area contributed by atoms with Gasteiger partial charge in [-0.15, -0.1) is 0 Å². The van der Waals surface area contributed by atoms with Gasteiger partial charge in [-0.3, -0.25) is 0 Å². The van der Waals surface area contributed by atoms with Gasteiger partial charge in [-0.2, -0.15) is 0 Å². The van der Waals surface area contributed by atoms with Crippen molar-refractivity contribution in [3.05, 3.63) is 12.1 Å². The van der Waals surface area contributed by atoms with Crippen LogP contribution in [0, 0.1) is 0 Å². The molecule has 0 spiro atoms. The Hall–Kier alpha value is -0.767. The summed E-state index contributed by atoms with van der Waals surface area (Å²) in [7, 11) is 0. The number of nitrogens with zero attached hydrogens (tertiary/aromatic N) is 1. The molecular weight excluding hydrogens is 276 g/mol. The molecule has 0 atom stereocenters. The predicted octanol–water partition coefficient (Wildman–Crippen LogP) is 0.490. The number of hydrogen-bond acceptors (Lipinski definition) is 5. The summed E-state index contributed by atoms with van der Waals surface area (Å²) in [6.07, 6.45) is 0.0117. The van der Waals surface area contributed by atoms with Crippen molar-refractivity contribution in [1.29, 1.82) is 0 Å². The molecule has 0 aromatic rings. The van der Waals surface area contributed by atoms with Gasteiger partial charge in [0.05, 0.1) is 12.1 Å². The molecule has 0 saturated heterocycles. The van der Waals surface area contributed by atoms with Crippen LogP contribution >= 0.6 is 0 Å². The summed E-state index contributed by atoms with van der Waals surface area (Å²) in [6, 6.07) is 0. The van der Waals surface area contributed by atoms with Gasteiger partial charge in [0.2, 0.25) is 0 Å². The second-order valence-corrected chi connectivity index (χ2v) is 5.27. The molecule has 5 nitrogen and oxygen atoms in total. The average Bonchev–Trinajstić information content (AvgIpc) is 1.94. The van der Waals surface area contributed by atoms with E-state index in [9.17, 15) is 10.2 Å². The smallest absolute Gasteiger partial charge is 0.606 e. The fourth-order valence-corrected chi connectivity index (χ4v) is 0.722. The van der Waals surface area contributed by atoms with E-state index in [0.29, 0.717) is 0 Å². The summed E-state index contributed by atoms with van der Waals surface area (Å²) in [5.41, 5.74) is -1.22. The van der Waals surface area contributed by atoms with E-state index in [1.807, 2.05) is 0 Å². The first-order valence-electron chi connectivity index (χ1n) is 5.00. The van der Waals surface area contributed by atoms with Crippen LogP contribution in [-0.4, -0.2) is 17.3 Å². The van der Waals surface area contributed by atoms with Crippen molar-refractivity contribution in [3.63, 3.8) is 0 Å². The van der Waals surface area contributed by atoms with E-state index >= 15 is 0 Å². The molecule has 17 heavy (non-hydrogen) atoms. The van der Waals surface area contributed by atoms with Crippen molar-refractivity contribution in [3.8, 4) is 0 Å². The zero-order chi connectivity index (χ0) is 13.0. The normalized spacial score (nSPS) is 14.0. The minimum Gasteiger partial charge on any atom is -0.606 e. The van der Waals surface area contributed by atoms with Crippen molar-refractivity contribution >= 4 is 6.08 Å². The fraction of sp³-hybridized carbons (Fsp3) is 0.727. The maximum absolute atomic E-state index is 11.1. The van der Waals surface area contributed by atoms with Gasteiger partial charge in [0.25, 0.3) is 0 Å². The van der Waals surface area contributed by atoms with Crippen LogP contribution in [-0.2, 0) is 29.0 Å². The van der Waals surface area contributed by atoms with Crippen LogP contribution in [0.2, 0.25) is 0 Å². The summed E-state index contributed by atoms with van der Waals surface area (Å²) in [4.78, 5) is 3.33. The van der Waals surface area contributed by atoms with Crippen molar-refractivity contribution in [2.45, 2.75) is 52.7 Å².